The van der Waals surface area contributed by atoms with Gasteiger partial charge < -0.3 is 14.5 Å². The van der Waals surface area contributed by atoms with Crippen LogP contribution in [-0.2, 0) is 22.6 Å². The van der Waals surface area contributed by atoms with E-state index in [1.165, 1.54) is 9.58 Å². The van der Waals surface area contributed by atoms with Crippen molar-refractivity contribution >= 4 is 84.5 Å². The predicted molar refractivity (Wildman–Crippen MR) is 202 cm³/mol. The molecule has 272 valence electrons. The average Bonchev–Trinajstić information content (AvgIpc) is 3.55. The maximum atomic E-state index is 13.4. The molecule has 1 amide bonds. The molecule has 4 N–H and O–H groups in total. The Morgan fingerprint density at radius 3 is 2.31 bits per heavy atom. The third-order valence-corrected chi connectivity index (χ3v) is 8.49. The number of carbonyl (C=O) groups excluding carboxylic acids is 3. The van der Waals surface area contributed by atoms with E-state index in [0.29, 0.717) is 39.2 Å². The molecule has 0 saturated heterocycles. The molecular formula is C37H40Cl2N8O5. The number of ether oxygens (including phenoxy) is 2. The first-order valence-electron chi connectivity index (χ1n) is 16.5. The summed E-state index contributed by atoms with van der Waals surface area (Å²) in [6, 6.07) is 11.0. The Morgan fingerprint density at radius 2 is 1.63 bits per heavy atom. The number of hydrazine groups is 2. The molecule has 0 atom stereocenters. The number of esters is 1. The first-order valence-corrected chi connectivity index (χ1v) is 17.2. The zero-order valence-corrected chi connectivity index (χ0v) is 31.7. The lowest BCUT2D eigenvalue weighted by Crippen LogP contribution is -2.43. The second kappa shape index (κ2) is 13.6. The number of nitrogens with one attached hydrogen (secondary N) is 2. The molecule has 0 saturated carbocycles. The number of fused-ring (bicyclic) bond motifs is 8. The van der Waals surface area contributed by atoms with Gasteiger partial charge >= 0.3 is 12.1 Å². The number of carbonyl (C=O) groups is 3. The van der Waals surface area contributed by atoms with Gasteiger partial charge in [-0.05, 0) is 53.7 Å². The van der Waals surface area contributed by atoms with Gasteiger partial charge in [0.1, 0.15) is 21.5 Å². The standard InChI is InChI=1S/C23H29ClN4O4.C14H11ClN4O/c1-22(2,3)31-20(29)18-14-9-8-13-11-26-17(24)10-15(13)19(14)28(16(18)12-27(7)25)21(30)32-23(4,5)6;1-19-6-10-12(14(20)18-19)8-3-2-7-5-16-11(15)4-9(7)13(8)17-10/h8-11H,12,25H2,1-7H3;2-5,16H,6H2,1H3,(H,18,20). The van der Waals surface area contributed by atoms with Gasteiger partial charge in [0, 0.05) is 58.8 Å². The lowest BCUT2D eigenvalue weighted by Gasteiger charge is -2.22. The summed E-state index contributed by atoms with van der Waals surface area (Å²) in [5.41, 5.74) is 4.73. The zero-order valence-electron chi connectivity index (χ0n) is 30.1. The van der Waals surface area contributed by atoms with E-state index in [-0.39, 0.29) is 23.2 Å². The van der Waals surface area contributed by atoms with E-state index in [1.807, 2.05) is 37.5 Å². The molecule has 7 rings (SSSR count). The molecule has 15 heteroatoms. The normalized spacial score (nSPS) is 13.7. The van der Waals surface area contributed by atoms with Gasteiger partial charge in [-0.15, -0.1) is 0 Å². The van der Waals surface area contributed by atoms with Gasteiger partial charge in [0.2, 0.25) is 0 Å². The maximum Gasteiger partial charge on any atom is 0.419 e. The summed E-state index contributed by atoms with van der Waals surface area (Å²) < 4.78 is 12.8. The molecule has 0 spiro atoms. The average molecular weight is 748 g/mol. The molecule has 1 aliphatic rings. The quantitative estimate of drug-likeness (QED) is 0.0723. The summed E-state index contributed by atoms with van der Waals surface area (Å²) in [6.45, 7) is 11.4. The number of hydrogen-bond donors (Lipinski definition) is 3. The van der Waals surface area contributed by atoms with Gasteiger partial charge in [0.25, 0.3) is 5.91 Å². The van der Waals surface area contributed by atoms with Crippen LogP contribution >= 0.6 is 23.2 Å². The van der Waals surface area contributed by atoms with Crippen molar-refractivity contribution in [2.24, 2.45) is 5.84 Å². The minimum atomic E-state index is -0.755. The van der Waals surface area contributed by atoms with Crippen LogP contribution in [0.2, 0.25) is 10.3 Å². The summed E-state index contributed by atoms with van der Waals surface area (Å²) in [5, 5.41) is 8.74. The van der Waals surface area contributed by atoms with E-state index in [1.54, 1.807) is 71.9 Å². The van der Waals surface area contributed by atoms with Gasteiger partial charge in [-0.1, -0.05) is 47.5 Å². The van der Waals surface area contributed by atoms with Gasteiger partial charge in [-0.2, -0.15) is 0 Å². The lowest BCUT2D eigenvalue weighted by atomic mass is 10.1. The van der Waals surface area contributed by atoms with E-state index >= 15 is 0 Å². The van der Waals surface area contributed by atoms with Crippen molar-refractivity contribution in [3.05, 3.63) is 81.6 Å². The first-order chi connectivity index (χ1) is 24.3. The monoisotopic (exact) mass is 746 g/mol. The Labute approximate surface area is 309 Å². The third-order valence-electron chi connectivity index (χ3n) is 8.07. The van der Waals surface area contributed by atoms with Crippen molar-refractivity contribution in [2.75, 3.05) is 14.1 Å². The van der Waals surface area contributed by atoms with Crippen LogP contribution in [0.5, 0.6) is 0 Å². The number of hydrogen-bond acceptors (Lipinski definition) is 10. The number of rotatable bonds is 3. The van der Waals surface area contributed by atoms with E-state index in [0.717, 1.165) is 32.8 Å². The zero-order chi connectivity index (χ0) is 37.9. The topological polar surface area (TPSA) is 161 Å². The molecule has 5 heterocycles. The van der Waals surface area contributed by atoms with Crippen molar-refractivity contribution in [1.29, 1.82) is 0 Å². The summed E-state index contributed by atoms with van der Waals surface area (Å²) in [5.74, 6) is 5.30. The van der Waals surface area contributed by atoms with Crippen molar-refractivity contribution < 1.29 is 23.9 Å². The fourth-order valence-corrected chi connectivity index (χ4v) is 6.54. The Bertz CT molecular complexity index is 2410. The molecule has 1 aliphatic heterocycles. The molecule has 52 heavy (non-hydrogen) atoms. The summed E-state index contributed by atoms with van der Waals surface area (Å²) in [7, 11) is 3.47. The maximum absolute atomic E-state index is 13.4. The van der Waals surface area contributed by atoms with Crippen LogP contribution in [0.25, 0.3) is 43.4 Å². The summed E-state index contributed by atoms with van der Waals surface area (Å²) >= 11 is 12.2. The van der Waals surface area contributed by atoms with Crippen molar-refractivity contribution in [3.8, 4) is 0 Å². The van der Waals surface area contributed by atoms with E-state index in [2.05, 4.69) is 20.4 Å². The molecule has 2 aromatic carbocycles. The second-order valence-electron chi connectivity index (χ2n) is 14.7. The van der Waals surface area contributed by atoms with Crippen LogP contribution in [0.4, 0.5) is 4.79 Å². The molecule has 4 aromatic heterocycles. The molecule has 0 unspecified atom stereocenters. The number of aromatic amines is 1. The van der Waals surface area contributed by atoms with Crippen LogP contribution in [0.3, 0.4) is 0 Å². The smallest absolute Gasteiger partial charge is 0.419 e. The lowest BCUT2D eigenvalue weighted by molar-refractivity contribution is 0.00696. The Hall–Kier alpha value is -4.79. The van der Waals surface area contributed by atoms with Crippen molar-refractivity contribution in [3.63, 3.8) is 0 Å². The third kappa shape index (κ3) is 7.41. The number of nitrogens with two attached hydrogens (primary N) is 1. The highest BCUT2D eigenvalue weighted by molar-refractivity contribution is 6.31. The molecule has 0 fully saturated rings. The molecule has 0 aliphatic carbocycles. The molecule has 0 radical (unpaired) electrons. The Kier molecular flexibility index (Phi) is 9.70. The van der Waals surface area contributed by atoms with E-state index < -0.39 is 23.3 Å². The van der Waals surface area contributed by atoms with Gasteiger partial charge in [-0.25, -0.2) is 34.1 Å². The van der Waals surface area contributed by atoms with Crippen LogP contribution in [0.1, 0.15) is 73.6 Å². The minimum Gasteiger partial charge on any atom is -0.456 e. The number of H-pyrrole nitrogens is 1. The molecular weight excluding hydrogens is 707 g/mol. The highest BCUT2D eigenvalue weighted by Crippen LogP contribution is 2.36. The van der Waals surface area contributed by atoms with Crippen LogP contribution in [-0.4, -0.2) is 72.8 Å². The molecule has 6 aromatic rings. The summed E-state index contributed by atoms with van der Waals surface area (Å²) in [6.07, 6.45) is 2.83. The first kappa shape index (κ1) is 37.0. The van der Waals surface area contributed by atoms with Gasteiger partial charge in [-0.3, -0.25) is 16.1 Å². The van der Waals surface area contributed by atoms with Crippen LogP contribution in [0.15, 0.2) is 48.8 Å². The molecule has 13 nitrogen and oxygen atoms in total. The fraction of sp³-hybridized carbons (Fsp3) is 0.324. The van der Waals surface area contributed by atoms with Crippen molar-refractivity contribution in [1.82, 2.24) is 35.0 Å². The number of amides is 1. The van der Waals surface area contributed by atoms with Crippen LogP contribution < -0.4 is 11.3 Å². The Balaban J connectivity index is 0.000000197. The highest BCUT2D eigenvalue weighted by atomic mass is 35.5. The number of aromatic nitrogens is 4. The number of pyridine rings is 2. The van der Waals surface area contributed by atoms with E-state index in [9.17, 15) is 14.4 Å². The van der Waals surface area contributed by atoms with Gasteiger partial charge in [0.05, 0.1) is 46.6 Å². The minimum absolute atomic E-state index is 0.100. The fourth-order valence-electron chi connectivity index (χ4n) is 6.22. The largest absolute Gasteiger partial charge is 0.456 e. The van der Waals surface area contributed by atoms with E-state index in [4.69, 9.17) is 38.5 Å². The van der Waals surface area contributed by atoms with Crippen molar-refractivity contribution in [2.45, 2.75) is 65.8 Å². The van der Waals surface area contributed by atoms with Gasteiger partial charge in [0.15, 0.2) is 0 Å². The summed E-state index contributed by atoms with van der Waals surface area (Å²) in [4.78, 5) is 50.6. The SMILES string of the molecule is CN(N)Cc1c(C(=O)OC(C)(C)C)c2ccc3cnc(Cl)cc3c2n1C(=O)OC(C)(C)C.CN1Cc2nc3c(ccc4c[nH]c(Cl)cc43)c2C(=O)N1. The highest BCUT2D eigenvalue weighted by Gasteiger charge is 2.32. The Morgan fingerprint density at radius 1 is 0.962 bits per heavy atom. The number of nitrogens with zero attached hydrogens (tertiary/aromatic N) is 5. The second-order valence-corrected chi connectivity index (χ2v) is 15.5. The molecule has 0 bridgehead atoms. The predicted octanol–water partition coefficient (Wildman–Crippen LogP) is 7.35. The number of halogens is 2. The number of benzene rings is 2. The van der Waals surface area contributed by atoms with Crippen LogP contribution in [0, 0.1) is 0 Å².